The number of hydrogen-bond acceptors (Lipinski definition) is 4. The average Bonchev–Trinajstić information content (AvgIpc) is 3.19. The monoisotopic (exact) mass is 358 g/mol. The first-order valence-corrected chi connectivity index (χ1v) is 9.16. The van der Waals surface area contributed by atoms with E-state index in [2.05, 4.69) is 27.5 Å². The second kappa shape index (κ2) is 7.31. The van der Waals surface area contributed by atoms with Crippen LogP contribution in [0.4, 0.5) is 0 Å². The van der Waals surface area contributed by atoms with Crippen LogP contribution < -0.4 is 5.32 Å². The molecule has 1 saturated heterocycles. The number of aromatic amines is 1. The molecule has 1 aliphatic heterocycles. The number of H-pyrrole nitrogens is 1. The van der Waals surface area contributed by atoms with Crippen LogP contribution in [0.5, 0.6) is 0 Å². The van der Waals surface area contributed by atoms with Gasteiger partial charge in [0.1, 0.15) is 11.7 Å². The van der Waals surface area contributed by atoms with Gasteiger partial charge in [0, 0.05) is 30.9 Å². The summed E-state index contributed by atoms with van der Waals surface area (Å²) in [5.41, 5.74) is 4.00. The Labute approximate surface area is 152 Å². The number of nitrogens with zero attached hydrogens (tertiary/aromatic N) is 4. The fourth-order valence-corrected chi connectivity index (χ4v) is 3.57. The summed E-state index contributed by atoms with van der Waals surface area (Å²) in [4.78, 5) is 26.5. The van der Waals surface area contributed by atoms with Crippen LogP contribution in [0.25, 0.3) is 11.3 Å². The van der Waals surface area contributed by atoms with Gasteiger partial charge in [0.05, 0.1) is 11.4 Å². The number of nitrogens with one attached hydrogen (secondary N) is 2. The minimum absolute atomic E-state index is 0.0978. The molecule has 1 fully saturated rings. The van der Waals surface area contributed by atoms with Crippen LogP contribution in [0.1, 0.15) is 48.6 Å². The van der Waals surface area contributed by atoms with Crippen molar-refractivity contribution < 1.29 is 9.59 Å². The summed E-state index contributed by atoms with van der Waals surface area (Å²) in [6, 6.07) is 1.33. The molecule has 26 heavy (non-hydrogen) atoms. The van der Waals surface area contributed by atoms with Crippen LogP contribution in [-0.4, -0.2) is 55.8 Å². The zero-order chi connectivity index (χ0) is 18.8. The topological polar surface area (TPSA) is 95.9 Å². The van der Waals surface area contributed by atoms with E-state index in [4.69, 9.17) is 0 Å². The van der Waals surface area contributed by atoms with E-state index < -0.39 is 6.04 Å². The molecule has 2 aromatic rings. The molecule has 0 bridgehead atoms. The Balaban J connectivity index is 1.88. The van der Waals surface area contributed by atoms with Crippen LogP contribution in [0, 0.1) is 13.8 Å². The third-order valence-electron chi connectivity index (χ3n) is 4.86. The van der Waals surface area contributed by atoms with E-state index in [0.717, 1.165) is 29.9 Å². The zero-order valence-electron chi connectivity index (χ0n) is 15.8. The van der Waals surface area contributed by atoms with Crippen molar-refractivity contribution >= 4 is 11.8 Å². The predicted molar refractivity (Wildman–Crippen MR) is 97.7 cm³/mol. The SMILES string of the molecule is CCCn1nc(C)c(-c2cc(C(=O)N3CCNC(=O)C3CC)[nH]n2)c1C. The Morgan fingerprint density at radius 1 is 1.35 bits per heavy atom. The largest absolute Gasteiger partial charge is 0.353 e. The third kappa shape index (κ3) is 3.11. The summed E-state index contributed by atoms with van der Waals surface area (Å²) in [6.45, 7) is 9.82. The van der Waals surface area contributed by atoms with E-state index >= 15 is 0 Å². The van der Waals surface area contributed by atoms with E-state index in [0.29, 0.717) is 30.9 Å². The van der Waals surface area contributed by atoms with Crippen LogP contribution in [0.3, 0.4) is 0 Å². The average molecular weight is 358 g/mol. The van der Waals surface area contributed by atoms with Crippen molar-refractivity contribution in [1.29, 1.82) is 0 Å². The molecule has 0 aromatic carbocycles. The minimum atomic E-state index is -0.432. The summed E-state index contributed by atoms with van der Waals surface area (Å²) < 4.78 is 1.98. The maximum atomic E-state index is 12.9. The van der Waals surface area contributed by atoms with Gasteiger partial charge in [-0.3, -0.25) is 19.4 Å². The molecule has 1 aliphatic rings. The van der Waals surface area contributed by atoms with Crippen molar-refractivity contribution in [3.63, 3.8) is 0 Å². The highest BCUT2D eigenvalue weighted by Gasteiger charge is 2.33. The van der Waals surface area contributed by atoms with Gasteiger partial charge in [-0.05, 0) is 32.8 Å². The third-order valence-corrected chi connectivity index (χ3v) is 4.86. The molecular weight excluding hydrogens is 332 g/mol. The lowest BCUT2D eigenvalue weighted by atomic mass is 10.1. The first kappa shape index (κ1) is 18.2. The number of carbonyl (C=O) groups excluding carboxylic acids is 2. The Kier molecular flexibility index (Phi) is 5.11. The summed E-state index contributed by atoms with van der Waals surface area (Å²) in [7, 11) is 0. The molecule has 8 nitrogen and oxygen atoms in total. The van der Waals surface area contributed by atoms with Crippen molar-refractivity contribution in [3.8, 4) is 11.3 Å². The molecule has 140 valence electrons. The lowest BCUT2D eigenvalue weighted by Gasteiger charge is -2.34. The van der Waals surface area contributed by atoms with Crippen LogP contribution in [0.2, 0.25) is 0 Å². The van der Waals surface area contributed by atoms with Crippen molar-refractivity contribution in [2.24, 2.45) is 0 Å². The van der Waals surface area contributed by atoms with E-state index in [-0.39, 0.29) is 11.8 Å². The van der Waals surface area contributed by atoms with Gasteiger partial charge >= 0.3 is 0 Å². The summed E-state index contributed by atoms with van der Waals surface area (Å²) >= 11 is 0. The van der Waals surface area contributed by atoms with Crippen molar-refractivity contribution in [2.75, 3.05) is 13.1 Å². The lowest BCUT2D eigenvalue weighted by Crippen LogP contribution is -2.56. The van der Waals surface area contributed by atoms with Gasteiger partial charge in [-0.25, -0.2) is 0 Å². The highest BCUT2D eigenvalue weighted by molar-refractivity contribution is 5.97. The Morgan fingerprint density at radius 2 is 2.12 bits per heavy atom. The molecule has 3 rings (SSSR count). The maximum absolute atomic E-state index is 12.9. The highest BCUT2D eigenvalue weighted by atomic mass is 16.2. The second-order valence-corrected chi connectivity index (χ2v) is 6.65. The molecule has 0 radical (unpaired) electrons. The van der Waals surface area contributed by atoms with E-state index in [9.17, 15) is 9.59 Å². The van der Waals surface area contributed by atoms with Crippen molar-refractivity contribution in [2.45, 2.75) is 53.1 Å². The molecule has 0 saturated carbocycles. The number of amides is 2. The molecule has 2 aromatic heterocycles. The lowest BCUT2D eigenvalue weighted by molar-refractivity contribution is -0.127. The van der Waals surface area contributed by atoms with E-state index in [1.165, 1.54) is 0 Å². The van der Waals surface area contributed by atoms with Crippen molar-refractivity contribution in [1.82, 2.24) is 30.2 Å². The minimum Gasteiger partial charge on any atom is -0.353 e. The first-order valence-electron chi connectivity index (χ1n) is 9.16. The smallest absolute Gasteiger partial charge is 0.272 e. The first-order chi connectivity index (χ1) is 12.5. The number of rotatable bonds is 5. The van der Waals surface area contributed by atoms with Gasteiger partial charge in [0.2, 0.25) is 5.91 Å². The zero-order valence-corrected chi connectivity index (χ0v) is 15.8. The molecular formula is C18H26N6O2. The summed E-state index contributed by atoms with van der Waals surface area (Å²) in [6.07, 6.45) is 1.59. The number of aryl methyl sites for hydroxylation is 2. The fraction of sp³-hybridized carbons (Fsp3) is 0.556. The summed E-state index contributed by atoms with van der Waals surface area (Å²) in [5, 5.41) is 14.6. The predicted octanol–water partition coefficient (Wildman–Crippen LogP) is 1.65. The molecule has 3 heterocycles. The number of hydrogen-bond donors (Lipinski definition) is 2. The fourth-order valence-electron chi connectivity index (χ4n) is 3.57. The maximum Gasteiger partial charge on any atom is 0.272 e. The molecule has 1 atom stereocenters. The van der Waals surface area contributed by atoms with Crippen LogP contribution in [0.15, 0.2) is 6.07 Å². The van der Waals surface area contributed by atoms with Gasteiger partial charge in [-0.1, -0.05) is 13.8 Å². The van der Waals surface area contributed by atoms with Crippen LogP contribution >= 0.6 is 0 Å². The normalized spacial score (nSPS) is 17.5. The Bertz CT molecular complexity index is 822. The summed E-state index contributed by atoms with van der Waals surface area (Å²) in [5.74, 6) is -0.291. The highest BCUT2D eigenvalue weighted by Crippen LogP contribution is 2.26. The molecule has 0 spiro atoms. The van der Waals surface area contributed by atoms with Gasteiger partial charge in [0.15, 0.2) is 0 Å². The number of piperazine rings is 1. The van der Waals surface area contributed by atoms with E-state index in [1.54, 1.807) is 11.0 Å². The molecule has 8 heteroatoms. The quantitative estimate of drug-likeness (QED) is 0.849. The molecule has 0 aliphatic carbocycles. The van der Waals surface area contributed by atoms with Gasteiger partial charge < -0.3 is 10.2 Å². The number of aromatic nitrogens is 4. The number of carbonyl (C=O) groups is 2. The second-order valence-electron chi connectivity index (χ2n) is 6.65. The van der Waals surface area contributed by atoms with E-state index in [1.807, 2.05) is 25.5 Å². The molecule has 2 N–H and O–H groups in total. The van der Waals surface area contributed by atoms with Crippen molar-refractivity contribution in [3.05, 3.63) is 23.1 Å². The Hall–Kier alpha value is -2.64. The Morgan fingerprint density at radius 3 is 2.81 bits per heavy atom. The van der Waals surface area contributed by atoms with Crippen LogP contribution in [-0.2, 0) is 11.3 Å². The molecule has 2 amide bonds. The van der Waals surface area contributed by atoms with Gasteiger partial charge in [-0.15, -0.1) is 0 Å². The van der Waals surface area contributed by atoms with Gasteiger partial charge in [0.25, 0.3) is 5.91 Å². The standard InChI is InChI=1S/C18H26N6O2/c1-5-8-24-12(4)16(11(3)22-24)13-10-14(21-20-13)18(26)23-9-7-19-17(25)15(23)6-2/h10,15H,5-9H2,1-4H3,(H,19,25)(H,20,21). The molecule has 1 unspecified atom stereocenters. The van der Waals surface area contributed by atoms with Gasteiger partial charge in [-0.2, -0.15) is 10.2 Å².